The van der Waals surface area contributed by atoms with Gasteiger partial charge in [0.25, 0.3) is 0 Å². The minimum absolute atomic E-state index is 0.113. The van der Waals surface area contributed by atoms with Crippen molar-refractivity contribution in [3.63, 3.8) is 0 Å². The van der Waals surface area contributed by atoms with Gasteiger partial charge in [0.05, 0.1) is 5.60 Å². The highest BCUT2D eigenvalue weighted by molar-refractivity contribution is 5.24. The summed E-state index contributed by atoms with van der Waals surface area (Å²) in [6.07, 6.45) is 1.10. The van der Waals surface area contributed by atoms with E-state index in [2.05, 4.69) is 57.3 Å². The second kappa shape index (κ2) is 6.18. The van der Waals surface area contributed by atoms with Gasteiger partial charge in [-0.3, -0.25) is 0 Å². The van der Waals surface area contributed by atoms with Crippen LogP contribution in [0.1, 0.15) is 44.9 Å². The van der Waals surface area contributed by atoms with Crippen molar-refractivity contribution in [2.45, 2.75) is 45.8 Å². The van der Waals surface area contributed by atoms with E-state index in [9.17, 15) is 0 Å². The van der Waals surface area contributed by atoms with Crippen LogP contribution in [0, 0.1) is 0 Å². The molecule has 0 aromatic heterocycles. The molecule has 0 aliphatic carbocycles. The summed E-state index contributed by atoms with van der Waals surface area (Å²) in [7, 11) is 1.75. The van der Waals surface area contributed by atoms with Gasteiger partial charge in [-0.15, -0.1) is 0 Å². The number of hydrogen-bond donors (Lipinski definition) is 1. The van der Waals surface area contributed by atoms with E-state index in [-0.39, 0.29) is 5.60 Å². The van der Waals surface area contributed by atoms with Gasteiger partial charge in [0, 0.05) is 19.7 Å². The summed E-state index contributed by atoms with van der Waals surface area (Å²) in [6, 6.07) is 9.17. The van der Waals surface area contributed by atoms with Crippen LogP contribution in [0.2, 0.25) is 0 Å². The highest BCUT2D eigenvalue weighted by Crippen LogP contribution is 2.15. The van der Waals surface area contributed by atoms with Gasteiger partial charge in [0.1, 0.15) is 0 Å². The maximum absolute atomic E-state index is 5.40. The van der Waals surface area contributed by atoms with Gasteiger partial charge >= 0.3 is 0 Å². The molecule has 1 aromatic carbocycles. The Kier molecular flexibility index (Phi) is 5.16. The molecule has 1 atom stereocenters. The number of nitrogens with one attached hydrogen (secondary N) is 1. The van der Waals surface area contributed by atoms with Gasteiger partial charge < -0.3 is 10.1 Å². The lowest BCUT2D eigenvalue weighted by Gasteiger charge is -2.26. The Morgan fingerprint density at radius 1 is 1.24 bits per heavy atom. The zero-order valence-corrected chi connectivity index (χ0v) is 11.7. The average Bonchev–Trinajstić information content (AvgIpc) is 2.36. The molecule has 0 radical (unpaired) electrons. The Labute approximate surface area is 105 Å². The Bertz CT molecular complexity index is 329. The third-order valence-corrected chi connectivity index (χ3v) is 3.27. The minimum atomic E-state index is -0.113. The third-order valence-electron chi connectivity index (χ3n) is 3.27. The maximum atomic E-state index is 5.40. The highest BCUT2D eigenvalue weighted by atomic mass is 16.5. The predicted molar refractivity (Wildman–Crippen MR) is 73.3 cm³/mol. The summed E-state index contributed by atoms with van der Waals surface area (Å²) in [5.74, 6) is 0. The van der Waals surface area contributed by atoms with Gasteiger partial charge in [-0.25, -0.2) is 0 Å². The van der Waals surface area contributed by atoms with Gasteiger partial charge in [0.2, 0.25) is 0 Å². The number of rotatable bonds is 6. The summed E-state index contributed by atoms with van der Waals surface area (Å²) in [5.41, 5.74) is 2.60. The first-order valence-corrected chi connectivity index (χ1v) is 6.36. The number of aryl methyl sites for hydroxylation is 1. The van der Waals surface area contributed by atoms with Crippen LogP contribution in [0.4, 0.5) is 0 Å². The van der Waals surface area contributed by atoms with E-state index in [4.69, 9.17) is 4.74 Å². The first kappa shape index (κ1) is 14.2. The zero-order valence-electron chi connectivity index (χ0n) is 11.7. The third kappa shape index (κ3) is 4.49. The molecule has 0 bridgehead atoms. The first-order valence-electron chi connectivity index (χ1n) is 6.36. The fraction of sp³-hybridized carbons (Fsp3) is 0.600. The monoisotopic (exact) mass is 235 g/mol. The molecule has 0 saturated heterocycles. The molecule has 17 heavy (non-hydrogen) atoms. The molecule has 2 nitrogen and oxygen atoms in total. The Morgan fingerprint density at radius 2 is 1.82 bits per heavy atom. The van der Waals surface area contributed by atoms with Crippen molar-refractivity contribution in [1.29, 1.82) is 0 Å². The standard InChI is InChI=1S/C15H25NO/c1-6-13-7-9-14(10-8-13)12(2)16-11-15(3,4)17-5/h7-10,12,16H,6,11H2,1-5H3. The summed E-state index contributed by atoms with van der Waals surface area (Å²) in [4.78, 5) is 0. The SMILES string of the molecule is CCc1ccc(C(C)NCC(C)(C)OC)cc1. The van der Waals surface area contributed by atoms with Crippen LogP contribution in [-0.2, 0) is 11.2 Å². The van der Waals surface area contributed by atoms with Crippen LogP contribution in [-0.4, -0.2) is 19.3 Å². The molecule has 96 valence electrons. The molecule has 0 aliphatic heterocycles. The molecule has 1 N–H and O–H groups in total. The molecular formula is C15H25NO. The van der Waals surface area contributed by atoms with E-state index in [1.165, 1.54) is 11.1 Å². The van der Waals surface area contributed by atoms with Crippen LogP contribution in [0.5, 0.6) is 0 Å². The molecule has 0 saturated carbocycles. The van der Waals surface area contributed by atoms with E-state index in [0.717, 1.165) is 13.0 Å². The topological polar surface area (TPSA) is 21.3 Å². The van der Waals surface area contributed by atoms with E-state index in [1.807, 2.05) is 0 Å². The van der Waals surface area contributed by atoms with E-state index >= 15 is 0 Å². The molecule has 0 amide bonds. The van der Waals surface area contributed by atoms with Crippen molar-refractivity contribution in [2.75, 3.05) is 13.7 Å². The van der Waals surface area contributed by atoms with Gasteiger partial charge in [-0.1, -0.05) is 31.2 Å². The fourth-order valence-corrected chi connectivity index (χ4v) is 1.63. The van der Waals surface area contributed by atoms with Crippen LogP contribution in [0.15, 0.2) is 24.3 Å². The van der Waals surface area contributed by atoms with E-state index < -0.39 is 0 Å². The van der Waals surface area contributed by atoms with Crippen molar-refractivity contribution in [2.24, 2.45) is 0 Å². The van der Waals surface area contributed by atoms with Crippen LogP contribution >= 0.6 is 0 Å². The van der Waals surface area contributed by atoms with E-state index in [1.54, 1.807) is 7.11 Å². The summed E-state index contributed by atoms with van der Waals surface area (Å²) < 4.78 is 5.40. The fourth-order valence-electron chi connectivity index (χ4n) is 1.63. The van der Waals surface area contributed by atoms with Crippen LogP contribution < -0.4 is 5.32 Å². The molecule has 0 fully saturated rings. The quantitative estimate of drug-likeness (QED) is 0.816. The lowest BCUT2D eigenvalue weighted by Crippen LogP contribution is -2.37. The largest absolute Gasteiger partial charge is 0.377 e. The number of hydrogen-bond acceptors (Lipinski definition) is 2. The Hall–Kier alpha value is -0.860. The smallest absolute Gasteiger partial charge is 0.0746 e. The van der Waals surface area contributed by atoms with Crippen LogP contribution in [0.3, 0.4) is 0 Å². The molecule has 0 aliphatic rings. The second-order valence-corrected chi connectivity index (χ2v) is 5.16. The minimum Gasteiger partial charge on any atom is -0.377 e. The number of methoxy groups -OCH3 is 1. The molecule has 2 heteroatoms. The van der Waals surface area contributed by atoms with Crippen molar-refractivity contribution in [3.05, 3.63) is 35.4 Å². The van der Waals surface area contributed by atoms with Crippen LogP contribution in [0.25, 0.3) is 0 Å². The lowest BCUT2D eigenvalue weighted by atomic mass is 10.0. The predicted octanol–water partition coefficient (Wildman–Crippen LogP) is 3.32. The van der Waals surface area contributed by atoms with E-state index in [0.29, 0.717) is 6.04 Å². The Balaban J connectivity index is 2.54. The summed E-state index contributed by atoms with van der Waals surface area (Å²) in [6.45, 7) is 9.39. The first-order chi connectivity index (χ1) is 7.98. The maximum Gasteiger partial charge on any atom is 0.0746 e. The summed E-state index contributed by atoms with van der Waals surface area (Å²) >= 11 is 0. The van der Waals surface area contributed by atoms with Gasteiger partial charge in [-0.2, -0.15) is 0 Å². The van der Waals surface area contributed by atoms with Gasteiger partial charge in [0.15, 0.2) is 0 Å². The van der Waals surface area contributed by atoms with Crippen molar-refractivity contribution < 1.29 is 4.74 Å². The number of ether oxygens (including phenoxy) is 1. The lowest BCUT2D eigenvalue weighted by molar-refractivity contribution is 0.0214. The van der Waals surface area contributed by atoms with Gasteiger partial charge in [-0.05, 0) is 38.3 Å². The molecule has 1 aromatic rings. The molecular weight excluding hydrogens is 210 g/mol. The highest BCUT2D eigenvalue weighted by Gasteiger charge is 2.17. The second-order valence-electron chi connectivity index (χ2n) is 5.16. The molecule has 1 rings (SSSR count). The average molecular weight is 235 g/mol. The van der Waals surface area contributed by atoms with Crippen molar-refractivity contribution >= 4 is 0 Å². The molecule has 0 heterocycles. The van der Waals surface area contributed by atoms with Crippen molar-refractivity contribution in [3.8, 4) is 0 Å². The van der Waals surface area contributed by atoms with Crippen molar-refractivity contribution in [1.82, 2.24) is 5.32 Å². The molecule has 1 unspecified atom stereocenters. The molecule has 0 spiro atoms. The number of benzene rings is 1. The normalized spacial score (nSPS) is 13.7. The Morgan fingerprint density at radius 3 is 2.29 bits per heavy atom. The zero-order chi connectivity index (χ0) is 12.9. The summed E-state index contributed by atoms with van der Waals surface area (Å²) in [5, 5.41) is 3.50.